The predicted octanol–water partition coefficient (Wildman–Crippen LogP) is 3.13. The van der Waals surface area contributed by atoms with E-state index in [4.69, 9.17) is 4.74 Å². The number of aromatic hydroxyl groups is 1. The SMILES string of the molecule is CC(C)(C)OC(=O)N1CCC(C(=O)c2ccc(O)c([N+](=O)[O-])c2)CC1. The Morgan fingerprint density at radius 1 is 1.28 bits per heavy atom. The number of hydrogen-bond donors (Lipinski definition) is 1. The normalized spacial score (nSPS) is 15.7. The third kappa shape index (κ3) is 4.68. The van der Waals surface area contributed by atoms with E-state index in [1.807, 2.05) is 0 Å². The van der Waals surface area contributed by atoms with Gasteiger partial charge in [0, 0.05) is 30.6 Å². The van der Waals surface area contributed by atoms with Crippen LogP contribution in [0.4, 0.5) is 10.5 Å². The first-order valence-corrected chi connectivity index (χ1v) is 8.08. The Bertz CT molecular complexity index is 687. The first-order chi connectivity index (χ1) is 11.6. The fraction of sp³-hybridized carbons (Fsp3) is 0.529. The number of hydrogen-bond acceptors (Lipinski definition) is 6. The highest BCUT2D eigenvalue weighted by atomic mass is 16.6. The van der Waals surface area contributed by atoms with E-state index in [1.165, 1.54) is 6.07 Å². The van der Waals surface area contributed by atoms with Gasteiger partial charge in [-0.2, -0.15) is 0 Å². The molecule has 1 aromatic rings. The summed E-state index contributed by atoms with van der Waals surface area (Å²) in [5.41, 5.74) is -0.869. The number of likely N-dealkylation sites (tertiary alicyclic amines) is 1. The van der Waals surface area contributed by atoms with Gasteiger partial charge in [-0.15, -0.1) is 0 Å². The summed E-state index contributed by atoms with van der Waals surface area (Å²) in [5.74, 6) is -1.00. The van der Waals surface area contributed by atoms with Gasteiger partial charge in [0.15, 0.2) is 11.5 Å². The minimum atomic E-state index is -0.725. The summed E-state index contributed by atoms with van der Waals surface area (Å²) in [6.45, 7) is 6.16. The standard InChI is InChI=1S/C17H22N2O6/c1-17(2,3)25-16(22)18-8-6-11(7-9-18)15(21)12-4-5-14(20)13(10-12)19(23)24/h4-5,10-11,20H,6-9H2,1-3H3. The third-order valence-corrected chi connectivity index (χ3v) is 3.97. The van der Waals surface area contributed by atoms with E-state index < -0.39 is 28.1 Å². The number of ketones is 1. The molecule has 0 bridgehead atoms. The number of ether oxygens (including phenoxy) is 1. The van der Waals surface area contributed by atoms with Crippen LogP contribution >= 0.6 is 0 Å². The zero-order valence-corrected chi connectivity index (χ0v) is 14.5. The number of phenols is 1. The molecule has 0 spiro atoms. The van der Waals surface area contributed by atoms with E-state index in [-0.39, 0.29) is 17.3 Å². The average Bonchev–Trinajstić information content (AvgIpc) is 2.53. The molecule has 2 rings (SSSR count). The Kier molecular flexibility index (Phi) is 5.30. The summed E-state index contributed by atoms with van der Waals surface area (Å²) >= 11 is 0. The van der Waals surface area contributed by atoms with Gasteiger partial charge in [0.1, 0.15) is 5.60 Å². The van der Waals surface area contributed by atoms with Crippen LogP contribution in [0.1, 0.15) is 44.0 Å². The molecular weight excluding hydrogens is 328 g/mol. The van der Waals surface area contributed by atoms with E-state index >= 15 is 0 Å². The molecule has 1 fully saturated rings. The Labute approximate surface area is 145 Å². The predicted molar refractivity (Wildman–Crippen MR) is 89.6 cm³/mol. The van der Waals surface area contributed by atoms with Crippen LogP contribution in [0, 0.1) is 16.0 Å². The Morgan fingerprint density at radius 3 is 2.40 bits per heavy atom. The molecule has 1 heterocycles. The van der Waals surface area contributed by atoms with Crippen molar-refractivity contribution in [2.75, 3.05) is 13.1 Å². The number of carbonyl (C=O) groups is 2. The zero-order chi connectivity index (χ0) is 18.8. The smallest absolute Gasteiger partial charge is 0.410 e. The van der Waals surface area contributed by atoms with Gasteiger partial charge in [-0.25, -0.2) is 4.79 Å². The van der Waals surface area contributed by atoms with E-state index in [0.717, 1.165) is 12.1 Å². The number of phenolic OH excluding ortho intramolecular Hbond substituents is 1. The van der Waals surface area contributed by atoms with Crippen molar-refractivity contribution in [1.82, 2.24) is 4.90 Å². The van der Waals surface area contributed by atoms with E-state index in [1.54, 1.807) is 25.7 Å². The third-order valence-electron chi connectivity index (χ3n) is 3.97. The molecule has 8 nitrogen and oxygen atoms in total. The Balaban J connectivity index is 2.01. The lowest BCUT2D eigenvalue weighted by Gasteiger charge is -2.32. The number of nitro groups is 1. The maximum Gasteiger partial charge on any atom is 0.410 e. The van der Waals surface area contributed by atoms with Gasteiger partial charge in [-0.1, -0.05) is 0 Å². The van der Waals surface area contributed by atoms with Gasteiger partial charge >= 0.3 is 11.8 Å². The number of piperidine rings is 1. The second kappa shape index (κ2) is 7.08. The second-order valence-electron chi connectivity index (χ2n) is 7.07. The Morgan fingerprint density at radius 2 is 1.88 bits per heavy atom. The van der Waals surface area contributed by atoms with E-state index in [0.29, 0.717) is 25.9 Å². The van der Waals surface area contributed by atoms with Gasteiger partial charge in [0.05, 0.1) is 4.92 Å². The molecule has 0 radical (unpaired) electrons. The lowest BCUT2D eigenvalue weighted by Crippen LogP contribution is -2.43. The van der Waals surface area contributed by atoms with Crippen molar-refractivity contribution in [2.24, 2.45) is 5.92 Å². The van der Waals surface area contributed by atoms with Crippen molar-refractivity contribution >= 4 is 17.6 Å². The van der Waals surface area contributed by atoms with Gasteiger partial charge in [0.25, 0.3) is 0 Å². The lowest BCUT2D eigenvalue weighted by atomic mass is 9.89. The molecule has 1 aliphatic rings. The lowest BCUT2D eigenvalue weighted by molar-refractivity contribution is -0.385. The number of rotatable bonds is 3. The van der Waals surface area contributed by atoms with Gasteiger partial charge < -0.3 is 14.7 Å². The maximum atomic E-state index is 12.6. The summed E-state index contributed by atoms with van der Waals surface area (Å²) in [7, 11) is 0. The van der Waals surface area contributed by atoms with Crippen molar-refractivity contribution in [2.45, 2.75) is 39.2 Å². The fourth-order valence-corrected chi connectivity index (χ4v) is 2.71. The molecule has 0 aliphatic carbocycles. The summed E-state index contributed by atoms with van der Waals surface area (Å²) in [5, 5.41) is 20.4. The monoisotopic (exact) mass is 350 g/mol. The number of nitro benzene ring substituents is 1. The van der Waals surface area contributed by atoms with Crippen molar-refractivity contribution in [1.29, 1.82) is 0 Å². The van der Waals surface area contributed by atoms with Crippen LogP contribution < -0.4 is 0 Å². The van der Waals surface area contributed by atoms with Crippen molar-refractivity contribution in [3.63, 3.8) is 0 Å². The van der Waals surface area contributed by atoms with Crippen LogP contribution in [0.3, 0.4) is 0 Å². The second-order valence-corrected chi connectivity index (χ2v) is 7.07. The quantitative estimate of drug-likeness (QED) is 0.509. The molecule has 1 N–H and O–H groups in total. The molecule has 1 amide bonds. The van der Waals surface area contributed by atoms with Crippen LogP contribution in [-0.2, 0) is 4.74 Å². The topological polar surface area (TPSA) is 110 Å². The van der Waals surface area contributed by atoms with Crippen molar-refractivity contribution in [3.05, 3.63) is 33.9 Å². The molecule has 0 unspecified atom stereocenters. The minimum Gasteiger partial charge on any atom is -0.502 e. The number of carbonyl (C=O) groups excluding carboxylic acids is 2. The van der Waals surface area contributed by atoms with Crippen LogP contribution in [0.2, 0.25) is 0 Å². The molecule has 1 saturated heterocycles. The highest BCUT2D eigenvalue weighted by Gasteiger charge is 2.31. The minimum absolute atomic E-state index is 0.195. The van der Waals surface area contributed by atoms with E-state index in [2.05, 4.69) is 0 Å². The highest BCUT2D eigenvalue weighted by molar-refractivity contribution is 5.98. The molecule has 0 saturated carbocycles. The maximum absolute atomic E-state index is 12.6. The number of benzene rings is 1. The summed E-state index contributed by atoms with van der Waals surface area (Å²) in [4.78, 5) is 36.3. The van der Waals surface area contributed by atoms with Gasteiger partial charge in [0.2, 0.25) is 0 Å². The van der Waals surface area contributed by atoms with Crippen LogP contribution in [0.15, 0.2) is 18.2 Å². The first kappa shape index (κ1) is 18.7. The summed E-state index contributed by atoms with van der Waals surface area (Å²) in [6, 6.07) is 3.63. The molecule has 136 valence electrons. The van der Waals surface area contributed by atoms with Gasteiger partial charge in [-0.3, -0.25) is 14.9 Å². The summed E-state index contributed by atoms with van der Waals surface area (Å²) < 4.78 is 5.31. The van der Waals surface area contributed by atoms with Crippen LogP contribution in [0.25, 0.3) is 0 Å². The highest BCUT2D eigenvalue weighted by Crippen LogP contribution is 2.29. The summed E-state index contributed by atoms with van der Waals surface area (Å²) in [6.07, 6.45) is 0.526. The fourth-order valence-electron chi connectivity index (χ4n) is 2.71. The number of Topliss-reactive ketones (excluding diaryl/α,β-unsaturated/α-hetero) is 1. The number of nitrogens with zero attached hydrogens (tertiary/aromatic N) is 2. The zero-order valence-electron chi connectivity index (χ0n) is 14.5. The molecule has 8 heteroatoms. The average molecular weight is 350 g/mol. The largest absolute Gasteiger partial charge is 0.502 e. The molecule has 25 heavy (non-hydrogen) atoms. The Hall–Kier alpha value is -2.64. The van der Waals surface area contributed by atoms with Crippen molar-refractivity contribution in [3.8, 4) is 5.75 Å². The molecule has 1 aromatic carbocycles. The van der Waals surface area contributed by atoms with E-state index in [9.17, 15) is 24.8 Å². The molecular formula is C17H22N2O6. The first-order valence-electron chi connectivity index (χ1n) is 8.08. The molecule has 1 aliphatic heterocycles. The van der Waals surface area contributed by atoms with Crippen molar-refractivity contribution < 1.29 is 24.4 Å². The van der Waals surface area contributed by atoms with Crippen LogP contribution in [-0.4, -0.2) is 45.5 Å². The molecule has 0 aromatic heterocycles. The van der Waals surface area contributed by atoms with Gasteiger partial charge in [-0.05, 0) is 45.7 Å². The number of amides is 1. The van der Waals surface area contributed by atoms with Crippen LogP contribution in [0.5, 0.6) is 5.75 Å². The molecule has 0 atom stereocenters.